The van der Waals surface area contributed by atoms with Gasteiger partial charge in [-0.05, 0) is 20.3 Å². The maximum Gasteiger partial charge on any atom is 0.242 e. The molecule has 100 valence electrons. The second-order valence-corrected chi connectivity index (χ2v) is 3.41. The van der Waals surface area contributed by atoms with E-state index in [1.807, 2.05) is 6.92 Å². The number of amides is 1. The van der Waals surface area contributed by atoms with Crippen molar-refractivity contribution in [2.45, 2.75) is 26.3 Å². The molecule has 17 heavy (non-hydrogen) atoms. The Balaban J connectivity index is 3.96. The standard InChI is InChI=1S/C10H23N5O2/c1-4-17-7-5-6-13-10(15-11)14-8(2)9(16)12-3/h8H,4-7,11H2,1-3H3,(H,12,16)(H2,13,14,15). The average Bonchev–Trinajstić information content (AvgIpc) is 2.35. The van der Waals surface area contributed by atoms with Crippen molar-refractivity contribution in [3.63, 3.8) is 0 Å². The lowest BCUT2D eigenvalue weighted by molar-refractivity contribution is -0.121. The number of carbonyl (C=O) groups excluding carboxylic acids is 1. The number of hydrogen-bond acceptors (Lipinski definition) is 4. The SMILES string of the molecule is CCOCCCN=C(NN)NC(C)C(=O)NC. The fraction of sp³-hybridized carbons (Fsp3) is 0.800. The Hall–Kier alpha value is -1.34. The lowest BCUT2D eigenvalue weighted by Crippen LogP contribution is -2.50. The second kappa shape index (κ2) is 9.86. The van der Waals surface area contributed by atoms with Crippen LogP contribution in [0.4, 0.5) is 0 Å². The number of likely N-dealkylation sites (N-methyl/N-ethyl adjacent to an activating group) is 1. The van der Waals surface area contributed by atoms with Crippen LogP contribution >= 0.6 is 0 Å². The van der Waals surface area contributed by atoms with Crippen molar-refractivity contribution in [1.82, 2.24) is 16.1 Å². The monoisotopic (exact) mass is 245 g/mol. The van der Waals surface area contributed by atoms with Crippen molar-refractivity contribution in [3.05, 3.63) is 0 Å². The van der Waals surface area contributed by atoms with Crippen LogP contribution in [0.25, 0.3) is 0 Å². The minimum Gasteiger partial charge on any atom is -0.382 e. The molecule has 5 N–H and O–H groups in total. The molecule has 0 aliphatic rings. The lowest BCUT2D eigenvalue weighted by atomic mass is 10.3. The van der Waals surface area contributed by atoms with Crippen molar-refractivity contribution >= 4 is 11.9 Å². The fourth-order valence-corrected chi connectivity index (χ4v) is 1.12. The van der Waals surface area contributed by atoms with Crippen LogP contribution in [0, 0.1) is 0 Å². The summed E-state index contributed by atoms with van der Waals surface area (Å²) in [4.78, 5) is 15.4. The molecular weight excluding hydrogens is 222 g/mol. The molecule has 0 saturated carbocycles. The van der Waals surface area contributed by atoms with Crippen LogP contribution < -0.4 is 21.9 Å². The number of rotatable bonds is 7. The van der Waals surface area contributed by atoms with Crippen LogP contribution in [0.5, 0.6) is 0 Å². The number of nitrogens with zero attached hydrogens (tertiary/aromatic N) is 1. The van der Waals surface area contributed by atoms with Gasteiger partial charge in [-0.3, -0.25) is 15.2 Å². The van der Waals surface area contributed by atoms with Gasteiger partial charge in [0.15, 0.2) is 0 Å². The molecule has 0 aliphatic carbocycles. The van der Waals surface area contributed by atoms with Gasteiger partial charge >= 0.3 is 0 Å². The van der Waals surface area contributed by atoms with E-state index in [-0.39, 0.29) is 11.9 Å². The van der Waals surface area contributed by atoms with Crippen molar-refractivity contribution < 1.29 is 9.53 Å². The van der Waals surface area contributed by atoms with Gasteiger partial charge in [0, 0.05) is 26.8 Å². The number of nitrogens with one attached hydrogen (secondary N) is 3. The number of ether oxygens (including phenoxy) is 1. The van der Waals surface area contributed by atoms with Gasteiger partial charge in [0.1, 0.15) is 6.04 Å². The molecule has 0 spiro atoms. The first-order valence-electron chi connectivity index (χ1n) is 5.72. The summed E-state index contributed by atoms with van der Waals surface area (Å²) in [5.41, 5.74) is 2.42. The summed E-state index contributed by atoms with van der Waals surface area (Å²) < 4.78 is 5.18. The summed E-state index contributed by atoms with van der Waals surface area (Å²) in [6.07, 6.45) is 0.815. The molecule has 1 atom stereocenters. The van der Waals surface area contributed by atoms with Gasteiger partial charge in [-0.2, -0.15) is 0 Å². The predicted octanol–water partition coefficient (Wildman–Crippen LogP) is -1.04. The van der Waals surface area contributed by atoms with E-state index in [1.54, 1.807) is 14.0 Å². The number of hydrogen-bond donors (Lipinski definition) is 4. The normalized spacial score (nSPS) is 13.1. The molecule has 0 bridgehead atoms. The molecule has 0 saturated heterocycles. The molecule has 0 radical (unpaired) electrons. The highest BCUT2D eigenvalue weighted by Gasteiger charge is 2.11. The Morgan fingerprint density at radius 2 is 2.24 bits per heavy atom. The van der Waals surface area contributed by atoms with Crippen LogP contribution in [0.3, 0.4) is 0 Å². The van der Waals surface area contributed by atoms with E-state index < -0.39 is 0 Å². The Morgan fingerprint density at radius 3 is 2.76 bits per heavy atom. The summed E-state index contributed by atoms with van der Waals surface area (Å²) >= 11 is 0. The van der Waals surface area contributed by atoms with Gasteiger partial charge < -0.3 is 15.4 Å². The van der Waals surface area contributed by atoms with E-state index in [4.69, 9.17) is 10.6 Å². The summed E-state index contributed by atoms with van der Waals surface area (Å²) in [6.45, 7) is 5.64. The van der Waals surface area contributed by atoms with Crippen LogP contribution in [-0.2, 0) is 9.53 Å². The van der Waals surface area contributed by atoms with Gasteiger partial charge in [0.2, 0.25) is 11.9 Å². The third-order valence-corrected chi connectivity index (χ3v) is 2.05. The Kier molecular flexibility index (Phi) is 9.08. The Bertz CT molecular complexity index is 245. The zero-order valence-electron chi connectivity index (χ0n) is 10.7. The third kappa shape index (κ3) is 7.53. The summed E-state index contributed by atoms with van der Waals surface area (Å²) in [7, 11) is 1.58. The van der Waals surface area contributed by atoms with Gasteiger partial charge in [-0.15, -0.1) is 0 Å². The molecule has 0 aliphatic heterocycles. The minimum absolute atomic E-state index is 0.123. The van der Waals surface area contributed by atoms with Gasteiger partial charge in [0.05, 0.1) is 0 Å². The van der Waals surface area contributed by atoms with E-state index in [0.717, 1.165) is 6.42 Å². The highest BCUT2D eigenvalue weighted by molar-refractivity contribution is 5.88. The fourth-order valence-electron chi connectivity index (χ4n) is 1.12. The van der Waals surface area contributed by atoms with Crippen molar-refractivity contribution in [2.75, 3.05) is 26.8 Å². The molecule has 7 nitrogen and oxygen atoms in total. The van der Waals surface area contributed by atoms with Gasteiger partial charge in [-0.1, -0.05) is 0 Å². The quantitative estimate of drug-likeness (QED) is 0.151. The molecule has 1 unspecified atom stereocenters. The molecule has 0 aromatic carbocycles. The van der Waals surface area contributed by atoms with Crippen LogP contribution in [-0.4, -0.2) is 44.7 Å². The highest BCUT2D eigenvalue weighted by Crippen LogP contribution is 1.86. The number of aliphatic imine (C=N–C) groups is 1. The van der Waals surface area contributed by atoms with Crippen LogP contribution in [0.2, 0.25) is 0 Å². The van der Waals surface area contributed by atoms with E-state index in [0.29, 0.717) is 25.7 Å². The second-order valence-electron chi connectivity index (χ2n) is 3.41. The first-order valence-corrected chi connectivity index (χ1v) is 5.72. The largest absolute Gasteiger partial charge is 0.382 e. The van der Waals surface area contributed by atoms with E-state index in [2.05, 4.69) is 21.1 Å². The van der Waals surface area contributed by atoms with Crippen LogP contribution in [0.15, 0.2) is 4.99 Å². The van der Waals surface area contributed by atoms with Crippen LogP contribution in [0.1, 0.15) is 20.3 Å². The maximum absolute atomic E-state index is 11.3. The Morgan fingerprint density at radius 1 is 1.53 bits per heavy atom. The zero-order chi connectivity index (χ0) is 13.1. The first kappa shape index (κ1) is 15.7. The zero-order valence-corrected chi connectivity index (χ0v) is 10.7. The summed E-state index contributed by atoms with van der Waals surface area (Å²) in [6, 6.07) is -0.387. The molecule has 0 heterocycles. The summed E-state index contributed by atoms with van der Waals surface area (Å²) in [5.74, 6) is 5.57. The third-order valence-electron chi connectivity index (χ3n) is 2.05. The van der Waals surface area contributed by atoms with E-state index in [9.17, 15) is 4.79 Å². The smallest absolute Gasteiger partial charge is 0.242 e. The van der Waals surface area contributed by atoms with E-state index in [1.165, 1.54) is 0 Å². The van der Waals surface area contributed by atoms with E-state index >= 15 is 0 Å². The number of carbonyl (C=O) groups is 1. The highest BCUT2D eigenvalue weighted by atomic mass is 16.5. The van der Waals surface area contributed by atoms with Crippen molar-refractivity contribution in [3.8, 4) is 0 Å². The molecule has 0 aromatic rings. The van der Waals surface area contributed by atoms with Crippen molar-refractivity contribution in [2.24, 2.45) is 10.8 Å². The topological polar surface area (TPSA) is 101 Å². The number of guanidine groups is 1. The van der Waals surface area contributed by atoms with Crippen molar-refractivity contribution in [1.29, 1.82) is 0 Å². The average molecular weight is 245 g/mol. The number of hydrazine groups is 1. The minimum atomic E-state index is -0.387. The van der Waals surface area contributed by atoms with Gasteiger partial charge in [0.25, 0.3) is 0 Å². The molecule has 0 aromatic heterocycles. The predicted molar refractivity (Wildman–Crippen MR) is 67.4 cm³/mol. The molecule has 0 rings (SSSR count). The lowest BCUT2D eigenvalue weighted by Gasteiger charge is -2.14. The Labute approximate surface area is 102 Å². The molecule has 1 amide bonds. The number of nitrogens with two attached hydrogens (primary N) is 1. The summed E-state index contributed by atoms with van der Waals surface area (Å²) in [5, 5.41) is 5.40. The molecule has 7 heteroatoms. The maximum atomic E-state index is 11.3. The molecular formula is C10H23N5O2. The first-order chi connectivity index (χ1) is 8.15. The van der Waals surface area contributed by atoms with Gasteiger partial charge in [-0.25, -0.2) is 5.84 Å². The molecule has 0 fully saturated rings.